The van der Waals surface area contributed by atoms with Crippen LogP contribution < -0.4 is 5.73 Å². The van der Waals surface area contributed by atoms with Crippen molar-refractivity contribution >= 4 is 0 Å². The van der Waals surface area contributed by atoms with Gasteiger partial charge >= 0.3 is 0 Å². The van der Waals surface area contributed by atoms with Gasteiger partial charge in [-0.3, -0.25) is 0 Å². The number of hydrogen-bond donors (Lipinski definition) is 1. The van der Waals surface area contributed by atoms with Crippen LogP contribution in [-0.2, 0) is 11.2 Å². The molecule has 1 aromatic carbocycles. The molecule has 98 valence electrons. The molecule has 1 rings (SSSR count). The van der Waals surface area contributed by atoms with E-state index in [4.69, 9.17) is 16.0 Å². The fourth-order valence-corrected chi connectivity index (χ4v) is 1.62. The predicted molar refractivity (Wildman–Crippen MR) is 62.8 cm³/mol. The standard InChI is InChI=1S/C11H14F2N4O/c1-18-6-11(16-17-15)10(14)4-7-2-8(12)5-9(13)3-7/h2-3,5,10-11H,4,6,14H2,1H3/t10-,11?/m0/s1. The summed E-state index contributed by atoms with van der Waals surface area (Å²) < 4.78 is 30.8. The number of methoxy groups -OCH3 is 1. The second kappa shape index (κ2) is 6.90. The fraction of sp³-hybridized carbons (Fsp3) is 0.455. The van der Waals surface area contributed by atoms with E-state index in [2.05, 4.69) is 10.0 Å². The molecule has 0 amide bonds. The first-order chi connectivity index (χ1) is 8.56. The molecule has 1 unspecified atom stereocenters. The van der Waals surface area contributed by atoms with Gasteiger partial charge in [-0.2, -0.15) is 0 Å². The third-order valence-electron chi connectivity index (χ3n) is 2.43. The van der Waals surface area contributed by atoms with Gasteiger partial charge in [-0.15, -0.1) is 0 Å². The Balaban J connectivity index is 2.78. The van der Waals surface area contributed by atoms with Crippen molar-refractivity contribution in [3.05, 3.63) is 45.8 Å². The van der Waals surface area contributed by atoms with Crippen molar-refractivity contribution in [2.24, 2.45) is 10.8 Å². The van der Waals surface area contributed by atoms with Crippen LogP contribution in [0.5, 0.6) is 0 Å². The first-order valence-corrected chi connectivity index (χ1v) is 5.30. The van der Waals surface area contributed by atoms with Crippen LogP contribution >= 0.6 is 0 Å². The monoisotopic (exact) mass is 256 g/mol. The highest BCUT2D eigenvalue weighted by Crippen LogP contribution is 2.12. The summed E-state index contributed by atoms with van der Waals surface area (Å²) >= 11 is 0. The maximum Gasteiger partial charge on any atom is 0.126 e. The molecule has 0 fully saturated rings. The highest BCUT2D eigenvalue weighted by Gasteiger charge is 2.17. The molecule has 0 heterocycles. The second-order valence-electron chi connectivity index (χ2n) is 3.87. The molecule has 0 spiro atoms. The van der Waals surface area contributed by atoms with Crippen LogP contribution in [0.25, 0.3) is 10.4 Å². The second-order valence-corrected chi connectivity index (χ2v) is 3.87. The van der Waals surface area contributed by atoms with Crippen molar-refractivity contribution in [2.45, 2.75) is 18.5 Å². The number of hydrogen-bond acceptors (Lipinski definition) is 3. The van der Waals surface area contributed by atoms with Crippen molar-refractivity contribution in [1.29, 1.82) is 0 Å². The maximum absolute atomic E-state index is 13.0. The van der Waals surface area contributed by atoms with Gasteiger partial charge in [0.1, 0.15) is 11.6 Å². The van der Waals surface area contributed by atoms with Crippen molar-refractivity contribution in [1.82, 2.24) is 0 Å². The quantitative estimate of drug-likeness (QED) is 0.480. The first kappa shape index (κ1) is 14.4. The molecule has 0 saturated heterocycles. The Kier molecular flexibility index (Phi) is 5.51. The summed E-state index contributed by atoms with van der Waals surface area (Å²) in [6.07, 6.45) is 0.196. The molecule has 2 atom stereocenters. The van der Waals surface area contributed by atoms with E-state index in [0.29, 0.717) is 5.56 Å². The fourth-order valence-electron chi connectivity index (χ4n) is 1.62. The summed E-state index contributed by atoms with van der Waals surface area (Å²) in [6, 6.07) is 2.04. The van der Waals surface area contributed by atoms with Crippen molar-refractivity contribution in [2.75, 3.05) is 13.7 Å². The number of azide groups is 1. The van der Waals surface area contributed by atoms with Crippen LogP contribution in [0, 0.1) is 11.6 Å². The summed E-state index contributed by atoms with van der Waals surface area (Å²) in [4.78, 5) is 2.67. The third-order valence-corrected chi connectivity index (χ3v) is 2.43. The number of rotatable bonds is 6. The largest absolute Gasteiger partial charge is 0.384 e. The predicted octanol–water partition coefficient (Wildman–Crippen LogP) is 2.16. The van der Waals surface area contributed by atoms with Gasteiger partial charge in [-0.1, -0.05) is 5.11 Å². The van der Waals surface area contributed by atoms with Gasteiger partial charge in [0.2, 0.25) is 0 Å². The van der Waals surface area contributed by atoms with Crippen LogP contribution in [0.2, 0.25) is 0 Å². The minimum Gasteiger partial charge on any atom is -0.384 e. The van der Waals surface area contributed by atoms with E-state index in [9.17, 15) is 8.78 Å². The minimum absolute atomic E-state index is 0.156. The molecule has 0 radical (unpaired) electrons. The lowest BCUT2D eigenvalue weighted by Crippen LogP contribution is -2.38. The Hall–Kier alpha value is -1.69. The van der Waals surface area contributed by atoms with Crippen LogP contribution in [-0.4, -0.2) is 25.8 Å². The number of nitrogens with two attached hydrogens (primary N) is 1. The van der Waals surface area contributed by atoms with Gasteiger partial charge in [0.25, 0.3) is 0 Å². The summed E-state index contributed by atoms with van der Waals surface area (Å²) in [7, 11) is 1.45. The molecule has 0 saturated carbocycles. The Morgan fingerprint density at radius 1 is 1.39 bits per heavy atom. The lowest BCUT2D eigenvalue weighted by atomic mass is 10.0. The Bertz CT molecular complexity index is 428. The normalized spacial score (nSPS) is 13.8. The maximum atomic E-state index is 13.0. The minimum atomic E-state index is -0.663. The van der Waals surface area contributed by atoms with Crippen molar-refractivity contribution in [3.63, 3.8) is 0 Å². The average molecular weight is 256 g/mol. The molecule has 0 aliphatic heterocycles. The highest BCUT2D eigenvalue weighted by atomic mass is 19.1. The van der Waals surface area contributed by atoms with E-state index < -0.39 is 23.7 Å². The lowest BCUT2D eigenvalue weighted by Gasteiger charge is -2.18. The van der Waals surface area contributed by atoms with Crippen LogP contribution in [0.3, 0.4) is 0 Å². The zero-order chi connectivity index (χ0) is 13.5. The average Bonchev–Trinajstić information content (AvgIpc) is 2.27. The third kappa shape index (κ3) is 4.29. The molecule has 1 aromatic rings. The van der Waals surface area contributed by atoms with Gasteiger partial charge in [0.15, 0.2) is 0 Å². The van der Waals surface area contributed by atoms with Crippen molar-refractivity contribution < 1.29 is 13.5 Å². The zero-order valence-electron chi connectivity index (χ0n) is 9.88. The van der Waals surface area contributed by atoms with Gasteiger partial charge in [-0.25, -0.2) is 8.78 Å². The molecule has 18 heavy (non-hydrogen) atoms. The summed E-state index contributed by atoms with van der Waals surface area (Å²) in [6.45, 7) is 0.156. The molecule has 0 aliphatic carbocycles. The molecule has 0 bridgehead atoms. The molecule has 5 nitrogen and oxygen atoms in total. The number of nitrogens with zero attached hydrogens (tertiary/aromatic N) is 3. The van der Waals surface area contributed by atoms with Gasteiger partial charge in [0.05, 0.1) is 12.6 Å². The van der Waals surface area contributed by atoms with E-state index in [1.807, 2.05) is 0 Å². The Morgan fingerprint density at radius 3 is 2.50 bits per heavy atom. The number of benzene rings is 1. The van der Waals surface area contributed by atoms with E-state index in [-0.39, 0.29) is 13.0 Å². The van der Waals surface area contributed by atoms with Gasteiger partial charge in [0, 0.05) is 24.1 Å². The lowest BCUT2D eigenvalue weighted by molar-refractivity contribution is 0.170. The number of ether oxygens (including phenoxy) is 1. The molecular weight excluding hydrogens is 242 g/mol. The zero-order valence-corrected chi connectivity index (χ0v) is 9.88. The molecule has 2 N–H and O–H groups in total. The molecular formula is C11H14F2N4O. The smallest absolute Gasteiger partial charge is 0.126 e. The SMILES string of the molecule is COCC(N=[N+]=[N-])[C@@H](N)Cc1cc(F)cc(F)c1. The first-order valence-electron chi connectivity index (χ1n) is 5.30. The van der Waals surface area contributed by atoms with Gasteiger partial charge in [-0.05, 0) is 29.6 Å². The van der Waals surface area contributed by atoms with Crippen LogP contribution in [0.15, 0.2) is 23.3 Å². The summed E-state index contributed by atoms with van der Waals surface area (Å²) in [5.41, 5.74) is 14.6. The van der Waals surface area contributed by atoms with Crippen molar-refractivity contribution in [3.8, 4) is 0 Å². The topological polar surface area (TPSA) is 84.0 Å². The molecule has 0 aliphatic rings. The van der Waals surface area contributed by atoms with Gasteiger partial charge < -0.3 is 10.5 Å². The number of halogens is 2. The Morgan fingerprint density at radius 2 is 2.00 bits per heavy atom. The van der Waals surface area contributed by atoms with E-state index in [1.165, 1.54) is 19.2 Å². The molecule has 0 aromatic heterocycles. The summed E-state index contributed by atoms with van der Waals surface area (Å²) in [5, 5.41) is 3.50. The Labute approximate surface area is 103 Å². The summed E-state index contributed by atoms with van der Waals surface area (Å²) in [5.74, 6) is -1.33. The van der Waals surface area contributed by atoms with Crippen LogP contribution in [0.4, 0.5) is 8.78 Å². The van der Waals surface area contributed by atoms with E-state index in [0.717, 1.165) is 6.07 Å². The highest BCUT2D eigenvalue weighted by molar-refractivity contribution is 5.19. The van der Waals surface area contributed by atoms with Crippen LogP contribution in [0.1, 0.15) is 5.56 Å². The van der Waals surface area contributed by atoms with E-state index in [1.54, 1.807) is 0 Å². The molecule has 7 heteroatoms. The van der Waals surface area contributed by atoms with E-state index >= 15 is 0 Å².